The van der Waals surface area contributed by atoms with Crippen LogP contribution in [0.2, 0.25) is 0 Å². The number of carbonyl (C=O) groups is 1. The Bertz CT molecular complexity index is 404. The number of carbonyl (C=O) groups excluding carboxylic acids is 1. The minimum atomic E-state index is -0.419. The molecule has 1 rings (SSSR count). The molecule has 0 aromatic heterocycles. The first-order chi connectivity index (χ1) is 7.95. The molecule has 0 saturated carbocycles. The SMILES string of the molecule is Cc1ccc(NC(=O)C(CN)C(C)C)c(F)c1. The van der Waals surface area contributed by atoms with Gasteiger partial charge in [0.1, 0.15) is 5.82 Å². The number of aryl methyl sites for hydroxylation is 1. The topological polar surface area (TPSA) is 55.1 Å². The summed E-state index contributed by atoms with van der Waals surface area (Å²) in [4.78, 5) is 11.9. The summed E-state index contributed by atoms with van der Waals surface area (Å²) in [7, 11) is 0. The van der Waals surface area contributed by atoms with Crippen LogP contribution in [0.4, 0.5) is 10.1 Å². The van der Waals surface area contributed by atoms with E-state index in [4.69, 9.17) is 5.73 Å². The van der Waals surface area contributed by atoms with E-state index in [2.05, 4.69) is 5.32 Å². The fourth-order valence-electron chi connectivity index (χ4n) is 1.63. The van der Waals surface area contributed by atoms with Crippen LogP contribution < -0.4 is 11.1 Å². The molecule has 3 N–H and O–H groups in total. The number of hydrogen-bond donors (Lipinski definition) is 2. The molecular formula is C13H19FN2O. The molecule has 0 aliphatic heterocycles. The van der Waals surface area contributed by atoms with Crippen molar-refractivity contribution in [2.45, 2.75) is 20.8 Å². The Balaban J connectivity index is 2.80. The van der Waals surface area contributed by atoms with Gasteiger partial charge in [-0.25, -0.2) is 4.39 Å². The third-order valence-electron chi connectivity index (χ3n) is 2.78. The third-order valence-corrected chi connectivity index (χ3v) is 2.78. The molecule has 0 bridgehead atoms. The van der Waals surface area contributed by atoms with Crippen molar-refractivity contribution in [2.75, 3.05) is 11.9 Å². The maximum atomic E-state index is 13.5. The van der Waals surface area contributed by atoms with E-state index in [9.17, 15) is 9.18 Å². The standard InChI is InChI=1S/C13H19FN2O/c1-8(2)10(7-15)13(17)16-12-5-4-9(3)6-11(12)14/h4-6,8,10H,7,15H2,1-3H3,(H,16,17). The lowest BCUT2D eigenvalue weighted by molar-refractivity contribution is -0.120. The first-order valence-corrected chi connectivity index (χ1v) is 5.72. The normalized spacial score (nSPS) is 12.6. The van der Waals surface area contributed by atoms with Crippen LogP contribution in [0.25, 0.3) is 0 Å². The van der Waals surface area contributed by atoms with Gasteiger partial charge in [0.25, 0.3) is 0 Å². The summed E-state index contributed by atoms with van der Waals surface area (Å²) in [5.74, 6) is -0.813. The van der Waals surface area contributed by atoms with Crippen LogP contribution >= 0.6 is 0 Å². The summed E-state index contributed by atoms with van der Waals surface area (Å²) in [5.41, 5.74) is 6.56. The van der Waals surface area contributed by atoms with Gasteiger partial charge in [0.05, 0.1) is 11.6 Å². The number of nitrogens with two attached hydrogens (primary N) is 1. The maximum absolute atomic E-state index is 13.5. The molecule has 3 nitrogen and oxygen atoms in total. The van der Waals surface area contributed by atoms with Gasteiger partial charge < -0.3 is 11.1 Å². The van der Waals surface area contributed by atoms with E-state index in [0.717, 1.165) is 5.56 Å². The van der Waals surface area contributed by atoms with Crippen LogP contribution in [0.1, 0.15) is 19.4 Å². The molecular weight excluding hydrogens is 219 g/mol. The number of benzene rings is 1. The van der Waals surface area contributed by atoms with E-state index in [-0.39, 0.29) is 30.0 Å². The van der Waals surface area contributed by atoms with Crippen molar-refractivity contribution < 1.29 is 9.18 Å². The smallest absolute Gasteiger partial charge is 0.229 e. The molecule has 0 radical (unpaired) electrons. The van der Waals surface area contributed by atoms with Crippen LogP contribution in [-0.4, -0.2) is 12.5 Å². The molecule has 0 heterocycles. The van der Waals surface area contributed by atoms with E-state index >= 15 is 0 Å². The van der Waals surface area contributed by atoms with Gasteiger partial charge in [-0.2, -0.15) is 0 Å². The second-order valence-corrected chi connectivity index (χ2v) is 4.56. The monoisotopic (exact) mass is 238 g/mol. The van der Waals surface area contributed by atoms with Gasteiger partial charge >= 0.3 is 0 Å². The van der Waals surface area contributed by atoms with Crippen molar-refractivity contribution >= 4 is 11.6 Å². The molecule has 4 heteroatoms. The van der Waals surface area contributed by atoms with Crippen LogP contribution in [-0.2, 0) is 4.79 Å². The summed E-state index contributed by atoms with van der Waals surface area (Å²) >= 11 is 0. The molecule has 0 aliphatic carbocycles. The Labute approximate surface area is 101 Å². The quantitative estimate of drug-likeness (QED) is 0.845. The number of anilines is 1. The maximum Gasteiger partial charge on any atom is 0.229 e. The number of rotatable bonds is 4. The highest BCUT2D eigenvalue weighted by Gasteiger charge is 2.21. The Morgan fingerprint density at radius 3 is 2.59 bits per heavy atom. The number of halogens is 1. The average molecular weight is 238 g/mol. The van der Waals surface area contributed by atoms with E-state index in [1.54, 1.807) is 19.1 Å². The molecule has 94 valence electrons. The molecule has 17 heavy (non-hydrogen) atoms. The fraction of sp³-hybridized carbons (Fsp3) is 0.462. The summed E-state index contributed by atoms with van der Waals surface area (Å²) in [5, 5.41) is 2.58. The van der Waals surface area contributed by atoms with E-state index in [1.165, 1.54) is 6.07 Å². The van der Waals surface area contributed by atoms with Crippen molar-refractivity contribution in [1.82, 2.24) is 0 Å². The highest BCUT2D eigenvalue weighted by Crippen LogP contribution is 2.18. The van der Waals surface area contributed by atoms with Crippen molar-refractivity contribution in [3.63, 3.8) is 0 Å². The lowest BCUT2D eigenvalue weighted by Crippen LogP contribution is -2.33. The fourth-order valence-corrected chi connectivity index (χ4v) is 1.63. The average Bonchev–Trinajstić information content (AvgIpc) is 2.22. The summed E-state index contributed by atoms with van der Waals surface area (Å²) < 4.78 is 13.5. The zero-order valence-corrected chi connectivity index (χ0v) is 10.5. The molecule has 1 aromatic rings. The Hall–Kier alpha value is -1.42. The predicted octanol–water partition coefficient (Wildman–Crippen LogP) is 2.30. The Morgan fingerprint density at radius 2 is 2.12 bits per heavy atom. The number of nitrogens with one attached hydrogen (secondary N) is 1. The molecule has 1 aromatic carbocycles. The molecule has 0 spiro atoms. The summed E-state index contributed by atoms with van der Waals surface area (Å²) in [6.45, 7) is 5.90. The minimum Gasteiger partial charge on any atom is -0.330 e. The van der Waals surface area contributed by atoms with Gasteiger partial charge in [0, 0.05) is 6.54 Å². The zero-order chi connectivity index (χ0) is 13.0. The number of amides is 1. The minimum absolute atomic E-state index is 0.133. The lowest BCUT2D eigenvalue weighted by Gasteiger charge is -2.18. The van der Waals surface area contributed by atoms with Crippen LogP contribution in [0.5, 0.6) is 0 Å². The van der Waals surface area contributed by atoms with E-state index < -0.39 is 5.82 Å². The molecule has 1 atom stereocenters. The molecule has 0 fully saturated rings. The molecule has 1 unspecified atom stereocenters. The van der Waals surface area contributed by atoms with Crippen molar-refractivity contribution in [3.8, 4) is 0 Å². The zero-order valence-electron chi connectivity index (χ0n) is 10.5. The van der Waals surface area contributed by atoms with Crippen LogP contribution in [0.3, 0.4) is 0 Å². The third kappa shape index (κ3) is 3.53. The van der Waals surface area contributed by atoms with E-state index in [1.807, 2.05) is 13.8 Å². The highest BCUT2D eigenvalue weighted by molar-refractivity contribution is 5.93. The van der Waals surface area contributed by atoms with Crippen molar-refractivity contribution in [1.29, 1.82) is 0 Å². The second-order valence-electron chi connectivity index (χ2n) is 4.56. The highest BCUT2D eigenvalue weighted by atomic mass is 19.1. The van der Waals surface area contributed by atoms with Crippen LogP contribution in [0.15, 0.2) is 18.2 Å². The molecule has 1 amide bonds. The van der Waals surface area contributed by atoms with Gasteiger partial charge in [-0.15, -0.1) is 0 Å². The Morgan fingerprint density at radius 1 is 1.47 bits per heavy atom. The van der Waals surface area contributed by atoms with Gasteiger partial charge in [0.15, 0.2) is 0 Å². The Kier molecular flexibility index (Phi) is 4.63. The summed E-state index contributed by atoms with van der Waals surface area (Å²) in [6.07, 6.45) is 0. The lowest BCUT2D eigenvalue weighted by atomic mass is 9.95. The van der Waals surface area contributed by atoms with Gasteiger partial charge in [-0.3, -0.25) is 4.79 Å². The predicted molar refractivity (Wildman–Crippen MR) is 67.1 cm³/mol. The second kappa shape index (κ2) is 5.77. The van der Waals surface area contributed by atoms with Crippen molar-refractivity contribution in [2.24, 2.45) is 17.6 Å². The molecule has 0 aliphatic rings. The van der Waals surface area contributed by atoms with E-state index in [0.29, 0.717) is 0 Å². The van der Waals surface area contributed by atoms with Gasteiger partial charge in [-0.1, -0.05) is 19.9 Å². The molecule has 0 saturated heterocycles. The summed E-state index contributed by atoms with van der Waals surface area (Å²) in [6, 6.07) is 4.71. The first-order valence-electron chi connectivity index (χ1n) is 5.72. The largest absolute Gasteiger partial charge is 0.330 e. The van der Waals surface area contributed by atoms with Crippen molar-refractivity contribution in [3.05, 3.63) is 29.6 Å². The van der Waals surface area contributed by atoms with Gasteiger partial charge in [0.2, 0.25) is 5.91 Å². The first kappa shape index (κ1) is 13.6. The van der Waals surface area contributed by atoms with Crippen LogP contribution in [0, 0.1) is 24.6 Å². The number of hydrogen-bond acceptors (Lipinski definition) is 2. The van der Waals surface area contributed by atoms with Gasteiger partial charge in [-0.05, 0) is 30.5 Å².